The van der Waals surface area contributed by atoms with E-state index in [1.165, 1.54) is 12.8 Å². The first-order valence-electron chi connectivity index (χ1n) is 5.57. The highest BCUT2D eigenvalue weighted by Gasteiger charge is 2.20. The number of nitrogens with two attached hydrogens (primary N) is 1. The van der Waals surface area contributed by atoms with E-state index in [1.54, 1.807) is 0 Å². The standard InChI is InChI=1S/C10H18N4O/c1-7(11)6-9-13-10(14-15-9)8-4-2-3-5-12-8/h7-8,12H,2-6,11H2,1H3. The minimum Gasteiger partial charge on any atom is -0.339 e. The number of rotatable bonds is 3. The SMILES string of the molecule is CC(N)Cc1nc(C2CCCCN2)no1. The largest absolute Gasteiger partial charge is 0.339 e. The van der Waals surface area contributed by atoms with Gasteiger partial charge in [-0.05, 0) is 26.3 Å². The molecular weight excluding hydrogens is 192 g/mol. The van der Waals surface area contributed by atoms with Gasteiger partial charge in [0.25, 0.3) is 0 Å². The van der Waals surface area contributed by atoms with Crippen molar-refractivity contribution in [2.45, 2.75) is 44.7 Å². The molecule has 3 N–H and O–H groups in total. The van der Waals surface area contributed by atoms with Crippen molar-refractivity contribution in [1.29, 1.82) is 0 Å². The molecule has 0 aliphatic carbocycles. The maximum atomic E-state index is 5.67. The highest BCUT2D eigenvalue weighted by atomic mass is 16.5. The molecule has 1 saturated heterocycles. The Morgan fingerprint density at radius 1 is 1.60 bits per heavy atom. The van der Waals surface area contributed by atoms with Crippen LogP contribution in [0.15, 0.2) is 4.52 Å². The van der Waals surface area contributed by atoms with E-state index in [2.05, 4.69) is 15.5 Å². The first kappa shape index (κ1) is 10.6. The highest BCUT2D eigenvalue weighted by molar-refractivity contribution is 4.96. The summed E-state index contributed by atoms with van der Waals surface area (Å²) in [4.78, 5) is 4.35. The first-order chi connectivity index (χ1) is 7.25. The van der Waals surface area contributed by atoms with Crippen molar-refractivity contribution in [3.05, 3.63) is 11.7 Å². The quantitative estimate of drug-likeness (QED) is 0.770. The number of hydrogen-bond donors (Lipinski definition) is 2. The van der Waals surface area contributed by atoms with E-state index >= 15 is 0 Å². The lowest BCUT2D eigenvalue weighted by atomic mass is 10.0. The molecule has 84 valence electrons. The lowest BCUT2D eigenvalue weighted by Crippen LogP contribution is -2.27. The summed E-state index contributed by atoms with van der Waals surface area (Å²) in [7, 11) is 0. The summed E-state index contributed by atoms with van der Waals surface area (Å²) in [6, 6.07) is 0.335. The molecule has 1 aliphatic heterocycles. The van der Waals surface area contributed by atoms with Crippen LogP contribution in [-0.2, 0) is 6.42 Å². The van der Waals surface area contributed by atoms with Crippen LogP contribution in [0.3, 0.4) is 0 Å². The Labute approximate surface area is 89.4 Å². The highest BCUT2D eigenvalue weighted by Crippen LogP contribution is 2.20. The van der Waals surface area contributed by atoms with E-state index in [-0.39, 0.29) is 12.1 Å². The second kappa shape index (κ2) is 4.72. The molecule has 0 amide bonds. The normalized spacial score (nSPS) is 24.0. The predicted molar refractivity (Wildman–Crippen MR) is 56.2 cm³/mol. The fourth-order valence-corrected chi connectivity index (χ4v) is 1.84. The molecule has 2 heterocycles. The third-order valence-corrected chi connectivity index (χ3v) is 2.60. The van der Waals surface area contributed by atoms with Gasteiger partial charge in [-0.15, -0.1) is 0 Å². The molecule has 15 heavy (non-hydrogen) atoms. The minimum absolute atomic E-state index is 0.0672. The fourth-order valence-electron chi connectivity index (χ4n) is 1.84. The van der Waals surface area contributed by atoms with Crippen molar-refractivity contribution in [2.24, 2.45) is 5.73 Å². The third-order valence-electron chi connectivity index (χ3n) is 2.60. The van der Waals surface area contributed by atoms with Crippen molar-refractivity contribution in [2.75, 3.05) is 6.54 Å². The van der Waals surface area contributed by atoms with Crippen molar-refractivity contribution in [3.63, 3.8) is 0 Å². The summed E-state index contributed by atoms with van der Waals surface area (Å²) in [6.07, 6.45) is 4.22. The monoisotopic (exact) mass is 210 g/mol. The number of piperidine rings is 1. The molecular formula is C10H18N4O. The third kappa shape index (κ3) is 2.76. The van der Waals surface area contributed by atoms with Crippen LogP contribution in [0.2, 0.25) is 0 Å². The summed E-state index contributed by atoms with van der Waals surface area (Å²) in [6.45, 7) is 2.98. The number of aromatic nitrogens is 2. The summed E-state index contributed by atoms with van der Waals surface area (Å²) in [5.74, 6) is 1.43. The van der Waals surface area contributed by atoms with Gasteiger partial charge in [0.05, 0.1) is 6.04 Å². The predicted octanol–water partition coefficient (Wildman–Crippen LogP) is 0.774. The Bertz CT molecular complexity index is 304. The summed E-state index contributed by atoms with van der Waals surface area (Å²) >= 11 is 0. The topological polar surface area (TPSA) is 77.0 Å². The molecule has 1 aromatic rings. The van der Waals surface area contributed by atoms with Gasteiger partial charge < -0.3 is 15.6 Å². The van der Waals surface area contributed by atoms with Crippen LogP contribution < -0.4 is 11.1 Å². The van der Waals surface area contributed by atoms with Crippen molar-refractivity contribution < 1.29 is 4.52 Å². The van der Waals surface area contributed by atoms with Gasteiger partial charge in [-0.2, -0.15) is 4.98 Å². The zero-order valence-electron chi connectivity index (χ0n) is 9.07. The molecule has 0 spiro atoms. The zero-order chi connectivity index (χ0) is 10.7. The van der Waals surface area contributed by atoms with E-state index in [0.29, 0.717) is 12.3 Å². The molecule has 5 nitrogen and oxygen atoms in total. The maximum Gasteiger partial charge on any atom is 0.228 e. The molecule has 1 aliphatic rings. The molecule has 0 radical (unpaired) electrons. The van der Waals surface area contributed by atoms with Gasteiger partial charge in [0.15, 0.2) is 5.82 Å². The fraction of sp³-hybridized carbons (Fsp3) is 0.800. The summed E-state index contributed by atoms with van der Waals surface area (Å²) < 4.78 is 5.15. The average molecular weight is 210 g/mol. The van der Waals surface area contributed by atoms with E-state index in [0.717, 1.165) is 18.8 Å². The Balaban J connectivity index is 1.99. The van der Waals surface area contributed by atoms with E-state index in [9.17, 15) is 0 Å². The molecule has 2 atom stereocenters. The molecule has 0 saturated carbocycles. The molecule has 1 aromatic heterocycles. The van der Waals surface area contributed by atoms with Crippen LogP contribution in [0.4, 0.5) is 0 Å². The van der Waals surface area contributed by atoms with Crippen molar-refractivity contribution in [3.8, 4) is 0 Å². The van der Waals surface area contributed by atoms with Gasteiger partial charge >= 0.3 is 0 Å². The Kier molecular flexibility index (Phi) is 3.33. The van der Waals surface area contributed by atoms with Gasteiger partial charge in [0.1, 0.15) is 0 Å². The van der Waals surface area contributed by atoms with Crippen LogP contribution >= 0.6 is 0 Å². The minimum atomic E-state index is 0.0672. The summed E-state index contributed by atoms with van der Waals surface area (Å²) in [5.41, 5.74) is 5.67. The maximum absolute atomic E-state index is 5.67. The molecule has 1 fully saturated rings. The van der Waals surface area contributed by atoms with Gasteiger partial charge in [0.2, 0.25) is 5.89 Å². The van der Waals surface area contributed by atoms with Crippen molar-refractivity contribution in [1.82, 2.24) is 15.5 Å². The Morgan fingerprint density at radius 3 is 3.13 bits per heavy atom. The molecule has 0 aromatic carbocycles. The Morgan fingerprint density at radius 2 is 2.47 bits per heavy atom. The van der Waals surface area contributed by atoms with E-state index in [1.807, 2.05) is 6.92 Å². The van der Waals surface area contributed by atoms with E-state index in [4.69, 9.17) is 10.3 Å². The molecule has 5 heteroatoms. The van der Waals surface area contributed by atoms with Gasteiger partial charge in [0, 0.05) is 12.5 Å². The number of hydrogen-bond acceptors (Lipinski definition) is 5. The van der Waals surface area contributed by atoms with Crippen LogP contribution in [0, 0.1) is 0 Å². The smallest absolute Gasteiger partial charge is 0.228 e. The van der Waals surface area contributed by atoms with Crippen LogP contribution in [0.5, 0.6) is 0 Å². The van der Waals surface area contributed by atoms with E-state index < -0.39 is 0 Å². The average Bonchev–Trinajstić information content (AvgIpc) is 2.67. The molecule has 2 unspecified atom stereocenters. The number of nitrogens with zero attached hydrogens (tertiary/aromatic N) is 2. The van der Waals surface area contributed by atoms with Crippen LogP contribution in [0.25, 0.3) is 0 Å². The van der Waals surface area contributed by atoms with Gasteiger partial charge in [-0.25, -0.2) is 0 Å². The van der Waals surface area contributed by atoms with Crippen LogP contribution in [-0.4, -0.2) is 22.7 Å². The number of nitrogens with one attached hydrogen (secondary N) is 1. The Hall–Kier alpha value is -0.940. The van der Waals surface area contributed by atoms with Gasteiger partial charge in [-0.3, -0.25) is 0 Å². The first-order valence-corrected chi connectivity index (χ1v) is 5.57. The van der Waals surface area contributed by atoms with Gasteiger partial charge in [-0.1, -0.05) is 11.6 Å². The molecule has 2 rings (SSSR count). The van der Waals surface area contributed by atoms with Crippen LogP contribution in [0.1, 0.15) is 43.9 Å². The lowest BCUT2D eigenvalue weighted by molar-refractivity contribution is 0.345. The second-order valence-electron chi connectivity index (χ2n) is 4.23. The summed E-state index contributed by atoms with van der Waals surface area (Å²) in [5, 5.41) is 7.37. The lowest BCUT2D eigenvalue weighted by Gasteiger charge is -2.19. The second-order valence-corrected chi connectivity index (χ2v) is 4.23. The zero-order valence-corrected chi connectivity index (χ0v) is 9.07. The molecule has 0 bridgehead atoms. The van der Waals surface area contributed by atoms with Crippen molar-refractivity contribution >= 4 is 0 Å².